The molecule has 0 saturated carbocycles. The second kappa shape index (κ2) is 19.4. The Bertz CT molecular complexity index is 532. The second-order valence-electron chi connectivity index (χ2n) is 11.7. The molecule has 1 atom stereocenters. The summed E-state index contributed by atoms with van der Waals surface area (Å²) in [7, 11) is 0. The van der Waals surface area contributed by atoms with E-state index in [4.69, 9.17) is 9.47 Å². The lowest BCUT2D eigenvalue weighted by Gasteiger charge is -2.26. The molecule has 0 amide bonds. The molecule has 2 heteroatoms. The van der Waals surface area contributed by atoms with Gasteiger partial charge in [-0.1, -0.05) is 142 Å². The second-order valence-corrected chi connectivity index (χ2v) is 11.7. The van der Waals surface area contributed by atoms with Crippen LogP contribution in [0.2, 0.25) is 0 Å². The van der Waals surface area contributed by atoms with Gasteiger partial charge in [-0.05, 0) is 29.7 Å². The summed E-state index contributed by atoms with van der Waals surface area (Å²) in [5.74, 6) is 0.876. The van der Waals surface area contributed by atoms with Crippen LogP contribution in [0.25, 0.3) is 0 Å². The first-order valence-electron chi connectivity index (χ1n) is 14.1. The highest BCUT2D eigenvalue weighted by Crippen LogP contribution is 2.23. The standard InChI is InChI=1S/C31H56O2/c1-28(2)21-17-14-12-10-8-6-7-9-11-13-15-20-24-32-27-30(25-31(3,4)5)33-26-29-22-18-16-19-23-29/h16,18-19,22-23,28,30H,6-15,17,20-21,24-27H2,1-5H3. The fourth-order valence-electron chi connectivity index (χ4n) is 4.38. The van der Waals surface area contributed by atoms with Crippen molar-refractivity contribution >= 4 is 0 Å². The molecule has 1 unspecified atom stereocenters. The molecule has 192 valence electrons. The van der Waals surface area contributed by atoms with E-state index in [0.717, 1.165) is 18.9 Å². The summed E-state index contributed by atoms with van der Waals surface area (Å²) in [6.07, 6.45) is 19.3. The maximum absolute atomic E-state index is 6.21. The number of hydrogen-bond donors (Lipinski definition) is 0. The Hall–Kier alpha value is -0.860. The Balaban J connectivity index is 1.96. The van der Waals surface area contributed by atoms with Crippen LogP contribution in [-0.2, 0) is 16.1 Å². The van der Waals surface area contributed by atoms with E-state index in [1.165, 1.54) is 89.0 Å². The van der Waals surface area contributed by atoms with Crippen LogP contribution in [0.5, 0.6) is 0 Å². The van der Waals surface area contributed by atoms with Gasteiger partial charge < -0.3 is 9.47 Å². The molecule has 0 fully saturated rings. The van der Waals surface area contributed by atoms with Gasteiger partial charge in [-0.3, -0.25) is 0 Å². The maximum atomic E-state index is 6.21. The van der Waals surface area contributed by atoms with E-state index >= 15 is 0 Å². The van der Waals surface area contributed by atoms with Crippen molar-refractivity contribution in [1.82, 2.24) is 0 Å². The number of benzene rings is 1. The zero-order valence-corrected chi connectivity index (χ0v) is 22.9. The average Bonchev–Trinajstić information content (AvgIpc) is 2.76. The molecule has 0 aliphatic rings. The van der Waals surface area contributed by atoms with Crippen LogP contribution < -0.4 is 0 Å². The van der Waals surface area contributed by atoms with Crippen molar-refractivity contribution in [1.29, 1.82) is 0 Å². The lowest BCUT2D eigenvalue weighted by molar-refractivity contribution is -0.0430. The molecule has 0 N–H and O–H groups in total. The summed E-state index contributed by atoms with van der Waals surface area (Å²) >= 11 is 0. The molecular weight excluding hydrogens is 404 g/mol. The zero-order valence-electron chi connectivity index (χ0n) is 22.9. The minimum absolute atomic E-state index is 0.167. The topological polar surface area (TPSA) is 18.5 Å². The Morgan fingerprint density at radius 3 is 1.73 bits per heavy atom. The third-order valence-electron chi connectivity index (χ3n) is 6.29. The zero-order chi connectivity index (χ0) is 24.2. The quantitative estimate of drug-likeness (QED) is 0.170. The predicted molar refractivity (Wildman–Crippen MR) is 145 cm³/mol. The van der Waals surface area contributed by atoms with E-state index in [1.54, 1.807) is 0 Å². The smallest absolute Gasteiger partial charge is 0.0818 e. The number of ether oxygens (including phenoxy) is 2. The monoisotopic (exact) mass is 460 g/mol. The van der Waals surface area contributed by atoms with Crippen molar-refractivity contribution in [3.05, 3.63) is 35.9 Å². The van der Waals surface area contributed by atoms with Crippen molar-refractivity contribution in [3.63, 3.8) is 0 Å². The predicted octanol–water partition coefficient (Wildman–Crippen LogP) is 9.75. The van der Waals surface area contributed by atoms with Crippen LogP contribution in [0.1, 0.15) is 130 Å². The van der Waals surface area contributed by atoms with Gasteiger partial charge in [-0.2, -0.15) is 0 Å². The third-order valence-corrected chi connectivity index (χ3v) is 6.29. The molecule has 0 radical (unpaired) electrons. The minimum Gasteiger partial charge on any atom is -0.379 e. The van der Waals surface area contributed by atoms with Crippen LogP contribution in [0.3, 0.4) is 0 Å². The van der Waals surface area contributed by atoms with Crippen molar-refractivity contribution in [2.75, 3.05) is 13.2 Å². The molecule has 33 heavy (non-hydrogen) atoms. The van der Waals surface area contributed by atoms with E-state index in [2.05, 4.69) is 65.0 Å². The third kappa shape index (κ3) is 20.2. The van der Waals surface area contributed by atoms with Gasteiger partial charge in [0.05, 0.1) is 19.3 Å². The van der Waals surface area contributed by atoms with Crippen molar-refractivity contribution in [3.8, 4) is 0 Å². The maximum Gasteiger partial charge on any atom is 0.0818 e. The summed E-state index contributed by atoms with van der Waals surface area (Å²) < 4.78 is 12.2. The molecule has 0 bridgehead atoms. The fraction of sp³-hybridized carbons (Fsp3) is 0.806. The SMILES string of the molecule is CC(C)CCCCCCCCCCCCCCOCC(CC(C)(C)C)OCc1ccccc1. The molecule has 0 aliphatic carbocycles. The first kappa shape index (κ1) is 30.2. The first-order valence-corrected chi connectivity index (χ1v) is 14.1. The summed E-state index contributed by atoms with van der Waals surface area (Å²) in [5.41, 5.74) is 1.48. The van der Waals surface area contributed by atoms with Crippen molar-refractivity contribution in [2.45, 2.75) is 137 Å². The Morgan fingerprint density at radius 1 is 0.697 bits per heavy atom. The molecule has 0 aromatic heterocycles. The highest BCUT2D eigenvalue weighted by atomic mass is 16.5. The summed E-state index contributed by atoms with van der Waals surface area (Å²) in [5, 5.41) is 0. The Labute approximate surface area is 207 Å². The van der Waals surface area contributed by atoms with Gasteiger partial charge in [-0.15, -0.1) is 0 Å². The van der Waals surface area contributed by atoms with Crippen molar-refractivity contribution < 1.29 is 9.47 Å². The average molecular weight is 461 g/mol. The molecule has 1 rings (SSSR count). The van der Waals surface area contributed by atoms with E-state index < -0.39 is 0 Å². The molecule has 1 aromatic carbocycles. The van der Waals surface area contributed by atoms with Gasteiger partial charge >= 0.3 is 0 Å². The van der Waals surface area contributed by atoms with Crippen molar-refractivity contribution in [2.24, 2.45) is 11.3 Å². The Morgan fingerprint density at radius 2 is 1.21 bits per heavy atom. The van der Waals surface area contributed by atoms with Gasteiger partial charge in [0, 0.05) is 6.61 Å². The van der Waals surface area contributed by atoms with Crippen LogP contribution >= 0.6 is 0 Å². The van der Waals surface area contributed by atoms with E-state index in [0.29, 0.717) is 13.2 Å². The fourth-order valence-corrected chi connectivity index (χ4v) is 4.38. The van der Waals surface area contributed by atoms with E-state index in [-0.39, 0.29) is 11.5 Å². The lowest BCUT2D eigenvalue weighted by atomic mass is 9.89. The largest absolute Gasteiger partial charge is 0.379 e. The highest BCUT2D eigenvalue weighted by molar-refractivity contribution is 5.13. The van der Waals surface area contributed by atoms with E-state index in [9.17, 15) is 0 Å². The molecule has 2 nitrogen and oxygen atoms in total. The van der Waals surface area contributed by atoms with Gasteiger partial charge in [0.15, 0.2) is 0 Å². The lowest BCUT2D eigenvalue weighted by Crippen LogP contribution is -2.26. The Kier molecular flexibility index (Phi) is 17.8. The number of unbranched alkanes of at least 4 members (excludes halogenated alkanes) is 11. The summed E-state index contributed by atoms with van der Waals surface area (Å²) in [6.45, 7) is 13.7. The summed E-state index contributed by atoms with van der Waals surface area (Å²) in [6, 6.07) is 10.5. The molecular formula is C31H56O2. The number of rotatable bonds is 21. The van der Waals surface area contributed by atoms with Gasteiger partial charge in [0.2, 0.25) is 0 Å². The van der Waals surface area contributed by atoms with Gasteiger partial charge in [0.25, 0.3) is 0 Å². The molecule has 0 aliphatic heterocycles. The normalized spacial score (nSPS) is 13.0. The summed E-state index contributed by atoms with van der Waals surface area (Å²) in [4.78, 5) is 0. The van der Waals surface area contributed by atoms with Crippen LogP contribution in [-0.4, -0.2) is 19.3 Å². The first-order chi connectivity index (χ1) is 15.9. The molecule has 1 aromatic rings. The molecule has 0 saturated heterocycles. The minimum atomic E-state index is 0.167. The molecule has 0 heterocycles. The number of hydrogen-bond acceptors (Lipinski definition) is 2. The van der Waals surface area contributed by atoms with Gasteiger partial charge in [0.1, 0.15) is 0 Å². The van der Waals surface area contributed by atoms with Gasteiger partial charge in [-0.25, -0.2) is 0 Å². The van der Waals surface area contributed by atoms with Crippen LogP contribution in [0.15, 0.2) is 30.3 Å². The molecule has 0 spiro atoms. The van der Waals surface area contributed by atoms with E-state index in [1.807, 2.05) is 0 Å². The van der Waals surface area contributed by atoms with Crippen LogP contribution in [0.4, 0.5) is 0 Å². The van der Waals surface area contributed by atoms with Crippen LogP contribution in [0, 0.1) is 11.3 Å². The highest BCUT2D eigenvalue weighted by Gasteiger charge is 2.19.